The number of rotatable bonds is 3. The molecule has 0 aliphatic rings. The second-order valence-corrected chi connectivity index (χ2v) is 4.47. The molecule has 0 bridgehead atoms. The molecule has 0 aromatic heterocycles. The van der Waals surface area contributed by atoms with Gasteiger partial charge in [-0.2, -0.15) is 0 Å². The minimum absolute atomic E-state index is 0.444. The molecule has 19 heavy (non-hydrogen) atoms. The van der Waals surface area contributed by atoms with Crippen LogP contribution in [0.4, 0.5) is 5.69 Å². The molecule has 0 unspecified atom stereocenters. The van der Waals surface area contributed by atoms with Gasteiger partial charge in [-0.1, -0.05) is 42.0 Å². The molecule has 0 heterocycles. The van der Waals surface area contributed by atoms with Crippen molar-refractivity contribution in [1.29, 1.82) is 0 Å². The highest BCUT2D eigenvalue weighted by atomic mass is 16.2. The Bertz CT molecular complexity index is 618. The van der Waals surface area contributed by atoms with Crippen LogP contribution in [0.5, 0.6) is 0 Å². The smallest absolute Gasteiger partial charge is 0.296 e. The molecular formula is C16H15NO2. The average molecular weight is 253 g/mol. The Morgan fingerprint density at radius 1 is 0.947 bits per heavy atom. The predicted molar refractivity (Wildman–Crippen MR) is 75.3 cm³/mol. The van der Waals surface area contributed by atoms with Gasteiger partial charge in [-0.25, -0.2) is 0 Å². The van der Waals surface area contributed by atoms with Gasteiger partial charge in [0.25, 0.3) is 11.7 Å². The van der Waals surface area contributed by atoms with Crippen LogP contribution in [0.1, 0.15) is 21.5 Å². The largest absolute Gasteiger partial charge is 0.319 e. The van der Waals surface area contributed by atoms with E-state index in [2.05, 4.69) is 5.32 Å². The molecule has 0 spiro atoms. The molecule has 0 saturated carbocycles. The number of para-hydroxylation sites is 1. The number of hydrogen-bond donors (Lipinski definition) is 1. The fourth-order valence-corrected chi connectivity index (χ4v) is 1.90. The van der Waals surface area contributed by atoms with Crippen LogP contribution in [0.3, 0.4) is 0 Å². The van der Waals surface area contributed by atoms with Gasteiger partial charge in [0.05, 0.1) is 0 Å². The van der Waals surface area contributed by atoms with E-state index in [9.17, 15) is 9.59 Å². The Morgan fingerprint density at radius 3 is 2.26 bits per heavy atom. The average Bonchev–Trinajstić information content (AvgIpc) is 2.39. The van der Waals surface area contributed by atoms with Crippen LogP contribution in [0.2, 0.25) is 0 Å². The van der Waals surface area contributed by atoms with Gasteiger partial charge in [0.2, 0.25) is 0 Å². The lowest BCUT2D eigenvalue weighted by atomic mass is 10.0. The number of nitrogens with one attached hydrogen (secondary N) is 1. The van der Waals surface area contributed by atoms with Crippen molar-refractivity contribution >= 4 is 17.4 Å². The molecule has 0 atom stereocenters. The zero-order valence-electron chi connectivity index (χ0n) is 10.9. The molecule has 2 aromatic rings. The van der Waals surface area contributed by atoms with E-state index >= 15 is 0 Å². The Labute approximate surface area is 112 Å². The molecule has 0 aliphatic heterocycles. The van der Waals surface area contributed by atoms with Crippen molar-refractivity contribution in [1.82, 2.24) is 0 Å². The van der Waals surface area contributed by atoms with Crippen LogP contribution in [-0.2, 0) is 4.79 Å². The SMILES string of the molecule is Cc1ccc(C(=O)C(=O)Nc2ccccc2)c(C)c1. The highest BCUT2D eigenvalue weighted by molar-refractivity contribution is 6.46. The summed E-state index contributed by atoms with van der Waals surface area (Å²) in [7, 11) is 0. The third-order valence-corrected chi connectivity index (χ3v) is 2.86. The summed E-state index contributed by atoms with van der Waals surface area (Å²) < 4.78 is 0. The number of aryl methyl sites for hydroxylation is 2. The minimum Gasteiger partial charge on any atom is -0.319 e. The quantitative estimate of drug-likeness (QED) is 0.674. The Hall–Kier alpha value is -2.42. The van der Waals surface area contributed by atoms with Crippen molar-refractivity contribution in [3.8, 4) is 0 Å². The maximum atomic E-state index is 12.1. The molecule has 0 fully saturated rings. The minimum atomic E-state index is -0.613. The molecule has 3 heteroatoms. The van der Waals surface area contributed by atoms with E-state index < -0.39 is 11.7 Å². The second-order valence-electron chi connectivity index (χ2n) is 4.47. The molecule has 0 saturated heterocycles. The van der Waals surface area contributed by atoms with Crippen molar-refractivity contribution in [3.63, 3.8) is 0 Å². The first kappa shape index (κ1) is 13.0. The van der Waals surface area contributed by atoms with Crippen LogP contribution < -0.4 is 5.32 Å². The monoisotopic (exact) mass is 253 g/mol. The molecule has 2 rings (SSSR count). The summed E-state index contributed by atoms with van der Waals surface area (Å²) in [5.74, 6) is -1.13. The molecule has 96 valence electrons. The van der Waals surface area contributed by atoms with E-state index in [0.717, 1.165) is 11.1 Å². The first-order valence-corrected chi connectivity index (χ1v) is 6.06. The zero-order chi connectivity index (χ0) is 13.8. The van der Waals surface area contributed by atoms with E-state index in [1.807, 2.05) is 32.0 Å². The number of ketones is 1. The molecule has 3 nitrogen and oxygen atoms in total. The highest BCUT2D eigenvalue weighted by Crippen LogP contribution is 2.13. The standard InChI is InChI=1S/C16H15NO2/c1-11-8-9-14(12(2)10-11)15(18)16(19)17-13-6-4-3-5-7-13/h3-10H,1-2H3,(H,17,19). The highest BCUT2D eigenvalue weighted by Gasteiger charge is 2.18. The van der Waals surface area contributed by atoms with Gasteiger partial charge in [-0.15, -0.1) is 0 Å². The normalized spacial score (nSPS) is 10.0. The van der Waals surface area contributed by atoms with Gasteiger partial charge in [0.15, 0.2) is 0 Å². The van der Waals surface area contributed by atoms with Crippen LogP contribution in [0, 0.1) is 13.8 Å². The summed E-state index contributed by atoms with van der Waals surface area (Å²) in [4.78, 5) is 24.0. The predicted octanol–water partition coefficient (Wildman–Crippen LogP) is 3.12. The molecule has 0 aliphatic carbocycles. The number of Topliss-reactive ketones (excluding diaryl/α,β-unsaturated/α-hetero) is 1. The van der Waals surface area contributed by atoms with E-state index in [4.69, 9.17) is 0 Å². The fourth-order valence-electron chi connectivity index (χ4n) is 1.90. The van der Waals surface area contributed by atoms with Crippen LogP contribution in [0.15, 0.2) is 48.5 Å². The molecular weight excluding hydrogens is 238 g/mol. The molecule has 1 amide bonds. The summed E-state index contributed by atoms with van der Waals surface area (Å²) in [5.41, 5.74) is 2.94. The Morgan fingerprint density at radius 2 is 1.63 bits per heavy atom. The topological polar surface area (TPSA) is 46.2 Å². The zero-order valence-corrected chi connectivity index (χ0v) is 10.9. The lowest BCUT2D eigenvalue weighted by Crippen LogP contribution is -2.23. The third-order valence-electron chi connectivity index (χ3n) is 2.86. The summed E-state index contributed by atoms with van der Waals surface area (Å²) in [6.07, 6.45) is 0. The van der Waals surface area contributed by atoms with Crippen LogP contribution in [-0.4, -0.2) is 11.7 Å². The third kappa shape index (κ3) is 3.07. The van der Waals surface area contributed by atoms with Gasteiger partial charge >= 0.3 is 0 Å². The summed E-state index contributed by atoms with van der Waals surface area (Å²) in [6.45, 7) is 3.78. The van der Waals surface area contributed by atoms with Crippen molar-refractivity contribution in [3.05, 3.63) is 65.2 Å². The van der Waals surface area contributed by atoms with Crippen molar-refractivity contribution < 1.29 is 9.59 Å². The molecule has 2 aromatic carbocycles. The van der Waals surface area contributed by atoms with Gasteiger partial charge < -0.3 is 5.32 Å². The summed E-state index contributed by atoms with van der Waals surface area (Å²) in [5, 5.41) is 2.59. The second kappa shape index (κ2) is 5.48. The Kier molecular flexibility index (Phi) is 3.76. The van der Waals surface area contributed by atoms with E-state index in [-0.39, 0.29) is 0 Å². The maximum Gasteiger partial charge on any atom is 0.296 e. The molecule has 0 radical (unpaired) electrons. The van der Waals surface area contributed by atoms with E-state index in [1.165, 1.54) is 0 Å². The maximum absolute atomic E-state index is 12.1. The number of hydrogen-bond acceptors (Lipinski definition) is 2. The van der Waals surface area contributed by atoms with Crippen molar-refractivity contribution in [2.24, 2.45) is 0 Å². The van der Waals surface area contributed by atoms with Crippen LogP contribution in [0.25, 0.3) is 0 Å². The van der Waals surface area contributed by atoms with Crippen molar-refractivity contribution in [2.45, 2.75) is 13.8 Å². The number of anilines is 1. The van der Waals surface area contributed by atoms with Crippen molar-refractivity contribution in [2.75, 3.05) is 5.32 Å². The lowest BCUT2D eigenvalue weighted by molar-refractivity contribution is -0.112. The van der Waals surface area contributed by atoms with Crippen LogP contribution >= 0.6 is 0 Å². The number of carbonyl (C=O) groups is 2. The van der Waals surface area contributed by atoms with Gasteiger partial charge in [-0.3, -0.25) is 9.59 Å². The number of amides is 1. The lowest BCUT2D eigenvalue weighted by Gasteiger charge is -2.07. The van der Waals surface area contributed by atoms with E-state index in [1.54, 1.807) is 30.3 Å². The fraction of sp³-hybridized carbons (Fsp3) is 0.125. The van der Waals surface area contributed by atoms with Gasteiger partial charge in [-0.05, 0) is 31.5 Å². The van der Waals surface area contributed by atoms with E-state index in [0.29, 0.717) is 11.3 Å². The van der Waals surface area contributed by atoms with Gasteiger partial charge in [0, 0.05) is 11.3 Å². The number of benzene rings is 2. The summed E-state index contributed by atoms with van der Waals surface area (Å²) >= 11 is 0. The first-order chi connectivity index (χ1) is 9.08. The molecule has 1 N–H and O–H groups in total. The Balaban J connectivity index is 2.18. The summed E-state index contributed by atoms with van der Waals surface area (Å²) in [6, 6.07) is 14.4. The first-order valence-electron chi connectivity index (χ1n) is 6.06. The van der Waals surface area contributed by atoms with Gasteiger partial charge in [0.1, 0.15) is 0 Å². The number of carbonyl (C=O) groups excluding carboxylic acids is 2.